The van der Waals surface area contributed by atoms with E-state index in [1.165, 1.54) is 11.1 Å². The van der Waals surface area contributed by atoms with Crippen LogP contribution in [-0.4, -0.2) is 5.16 Å². The summed E-state index contributed by atoms with van der Waals surface area (Å²) >= 11 is 0. The van der Waals surface area contributed by atoms with Crippen molar-refractivity contribution in [2.24, 2.45) is 0 Å². The lowest BCUT2D eigenvalue weighted by atomic mass is 10.0. The Hall–Kier alpha value is -1.77. The summed E-state index contributed by atoms with van der Waals surface area (Å²) in [5.74, 6) is 0.443. The zero-order chi connectivity index (χ0) is 10.1. The maximum atomic E-state index is 5.69. The molecule has 14 heavy (non-hydrogen) atoms. The van der Waals surface area contributed by atoms with E-state index in [0.29, 0.717) is 5.82 Å². The highest BCUT2D eigenvalue weighted by Gasteiger charge is 2.09. The number of nitrogens with zero attached hydrogens (tertiary/aromatic N) is 1. The summed E-state index contributed by atoms with van der Waals surface area (Å²) in [6.07, 6.45) is 1.58. The average molecular weight is 188 g/mol. The number of aromatic nitrogens is 1. The molecule has 3 heteroatoms. The summed E-state index contributed by atoms with van der Waals surface area (Å²) in [4.78, 5) is 0. The van der Waals surface area contributed by atoms with E-state index < -0.39 is 0 Å². The molecule has 2 rings (SSSR count). The Kier molecular flexibility index (Phi) is 2.00. The number of hydrogen-bond acceptors (Lipinski definition) is 3. The van der Waals surface area contributed by atoms with Crippen molar-refractivity contribution in [3.63, 3.8) is 0 Å². The molecule has 2 aromatic rings. The zero-order valence-electron chi connectivity index (χ0n) is 8.24. The summed E-state index contributed by atoms with van der Waals surface area (Å²) in [5.41, 5.74) is 10.0. The molecule has 0 fully saturated rings. The van der Waals surface area contributed by atoms with Gasteiger partial charge in [-0.1, -0.05) is 28.9 Å². The molecule has 0 radical (unpaired) electrons. The number of rotatable bonds is 1. The normalized spacial score (nSPS) is 10.4. The van der Waals surface area contributed by atoms with Crippen LogP contribution in [0.4, 0.5) is 5.82 Å². The van der Waals surface area contributed by atoms with Crippen LogP contribution in [0.3, 0.4) is 0 Å². The summed E-state index contributed by atoms with van der Waals surface area (Å²) < 4.78 is 4.82. The first kappa shape index (κ1) is 8.81. The molecule has 2 N–H and O–H groups in total. The maximum Gasteiger partial charge on any atom is 0.174 e. The predicted molar refractivity (Wildman–Crippen MR) is 55.8 cm³/mol. The Morgan fingerprint density at radius 3 is 2.64 bits per heavy atom. The molecule has 0 aliphatic carbocycles. The predicted octanol–water partition coefficient (Wildman–Crippen LogP) is 2.54. The van der Waals surface area contributed by atoms with Gasteiger partial charge in [-0.15, -0.1) is 0 Å². The van der Waals surface area contributed by atoms with E-state index in [0.717, 1.165) is 11.1 Å². The highest BCUT2D eigenvalue weighted by atomic mass is 16.5. The summed E-state index contributed by atoms with van der Waals surface area (Å²) in [5, 5.41) is 3.67. The van der Waals surface area contributed by atoms with Gasteiger partial charge in [-0.3, -0.25) is 0 Å². The molecule has 0 atom stereocenters. The molecule has 1 aromatic carbocycles. The largest absolute Gasteiger partial charge is 0.380 e. The van der Waals surface area contributed by atoms with Crippen LogP contribution < -0.4 is 5.73 Å². The quantitative estimate of drug-likeness (QED) is 0.748. The number of nitrogens with two attached hydrogens (primary N) is 1. The molecule has 0 saturated carbocycles. The topological polar surface area (TPSA) is 52.0 Å². The van der Waals surface area contributed by atoms with E-state index >= 15 is 0 Å². The molecular weight excluding hydrogens is 176 g/mol. The Morgan fingerprint density at radius 1 is 1.21 bits per heavy atom. The Morgan fingerprint density at radius 2 is 2.00 bits per heavy atom. The van der Waals surface area contributed by atoms with E-state index in [1.807, 2.05) is 13.8 Å². The third-order valence-electron chi connectivity index (χ3n) is 2.28. The summed E-state index contributed by atoms with van der Waals surface area (Å²) in [6, 6.07) is 6.22. The van der Waals surface area contributed by atoms with Crippen LogP contribution in [0.5, 0.6) is 0 Å². The minimum atomic E-state index is 0.443. The fourth-order valence-electron chi connectivity index (χ4n) is 1.47. The van der Waals surface area contributed by atoms with Crippen molar-refractivity contribution in [3.8, 4) is 11.1 Å². The molecule has 0 unspecified atom stereocenters. The van der Waals surface area contributed by atoms with Gasteiger partial charge < -0.3 is 10.3 Å². The minimum Gasteiger partial charge on any atom is -0.380 e. The van der Waals surface area contributed by atoms with E-state index in [-0.39, 0.29) is 0 Å². The second kappa shape index (κ2) is 3.18. The van der Waals surface area contributed by atoms with Gasteiger partial charge >= 0.3 is 0 Å². The molecule has 3 nitrogen and oxygen atoms in total. The van der Waals surface area contributed by atoms with Crippen molar-refractivity contribution < 1.29 is 4.52 Å². The van der Waals surface area contributed by atoms with Crippen molar-refractivity contribution in [2.45, 2.75) is 13.8 Å². The van der Waals surface area contributed by atoms with Gasteiger partial charge in [0.1, 0.15) is 6.26 Å². The maximum absolute atomic E-state index is 5.69. The van der Waals surface area contributed by atoms with Crippen LogP contribution >= 0.6 is 0 Å². The smallest absolute Gasteiger partial charge is 0.174 e. The summed E-state index contributed by atoms with van der Waals surface area (Å²) in [7, 11) is 0. The molecule has 1 aromatic heterocycles. The SMILES string of the molecule is Cc1ccc(C)c(-c2conc2N)c1. The van der Waals surface area contributed by atoms with Crippen LogP contribution in [0, 0.1) is 13.8 Å². The van der Waals surface area contributed by atoms with Crippen LogP contribution in [0.2, 0.25) is 0 Å². The lowest BCUT2D eigenvalue weighted by molar-refractivity contribution is 0.423. The van der Waals surface area contributed by atoms with Crippen molar-refractivity contribution in [2.75, 3.05) is 5.73 Å². The number of nitrogen functional groups attached to an aromatic ring is 1. The second-order valence-corrected chi connectivity index (χ2v) is 3.43. The Bertz CT molecular complexity index is 460. The molecule has 0 bridgehead atoms. The van der Waals surface area contributed by atoms with Crippen molar-refractivity contribution in [1.82, 2.24) is 5.16 Å². The number of anilines is 1. The highest BCUT2D eigenvalue weighted by molar-refractivity contribution is 5.75. The fraction of sp³-hybridized carbons (Fsp3) is 0.182. The van der Waals surface area contributed by atoms with E-state index in [1.54, 1.807) is 6.26 Å². The van der Waals surface area contributed by atoms with Gasteiger partial charge in [0.25, 0.3) is 0 Å². The second-order valence-electron chi connectivity index (χ2n) is 3.43. The van der Waals surface area contributed by atoms with Gasteiger partial charge in [0, 0.05) is 0 Å². The third-order valence-corrected chi connectivity index (χ3v) is 2.28. The lowest BCUT2D eigenvalue weighted by Gasteiger charge is -2.04. The fourth-order valence-corrected chi connectivity index (χ4v) is 1.47. The zero-order valence-corrected chi connectivity index (χ0v) is 8.24. The number of benzene rings is 1. The van der Waals surface area contributed by atoms with Gasteiger partial charge in [-0.25, -0.2) is 0 Å². The van der Waals surface area contributed by atoms with E-state index in [2.05, 4.69) is 23.4 Å². The molecule has 0 amide bonds. The standard InChI is InChI=1S/C11H12N2O/c1-7-3-4-8(2)9(5-7)10-6-14-13-11(10)12/h3-6H,1-2H3,(H2,12,13). The van der Waals surface area contributed by atoms with Gasteiger partial charge in [-0.2, -0.15) is 0 Å². The first-order valence-corrected chi connectivity index (χ1v) is 4.46. The van der Waals surface area contributed by atoms with Crippen LogP contribution in [0.25, 0.3) is 11.1 Å². The first-order chi connectivity index (χ1) is 6.68. The van der Waals surface area contributed by atoms with Crippen LogP contribution in [-0.2, 0) is 0 Å². The lowest BCUT2D eigenvalue weighted by Crippen LogP contribution is -1.89. The molecular formula is C11H12N2O. The highest BCUT2D eigenvalue weighted by Crippen LogP contribution is 2.28. The monoisotopic (exact) mass is 188 g/mol. The Labute approximate surface area is 82.5 Å². The number of hydrogen-bond donors (Lipinski definition) is 1. The van der Waals surface area contributed by atoms with Crippen molar-refractivity contribution in [3.05, 3.63) is 35.6 Å². The molecule has 0 spiro atoms. The van der Waals surface area contributed by atoms with E-state index in [4.69, 9.17) is 10.3 Å². The van der Waals surface area contributed by atoms with Crippen LogP contribution in [0.15, 0.2) is 29.0 Å². The van der Waals surface area contributed by atoms with Crippen molar-refractivity contribution >= 4 is 5.82 Å². The van der Waals surface area contributed by atoms with Gasteiger partial charge in [0.2, 0.25) is 0 Å². The van der Waals surface area contributed by atoms with Gasteiger partial charge in [0.15, 0.2) is 5.82 Å². The molecule has 0 saturated heterocycles. The van der Waals surface area contributed by atoms with E-state index in [9.17, 15) is 0 Å². The molecule has 0 aliphatic rings. The molecule has 1 heterocycles. The van der Waals surface area contributed by atoms with Crippen LogP contribution in [0.1, 0.15) is 11.1 Å². The first-order valence-electron chi connectivity index (χ1n) is 4.46. The molecule has 72 valence electrons. The molecule has 0 aliphatic heterocycles. The van der Waals surface area contributed by atoms with Gasteiger partial charge in [-0.05, 0) is 25.0 Å². The third kappa shape index (κ3) is 1.37. The van der Waals surface area contributed by atoms with Crippen molar-refractivity contribution in [1.29, 1.82) is 0 Å². The average Bonchev–Trinajstić information content (AvgIpc) is 2.56. The van der Waals surface area contributed by atoms with Gasteiger partial charge in [0.05, 0.1) is 5.56 Å². The Balaban J connectivity index is 2.62. The summed E-state index contributed by atoms with van der Waals surface area (Å²) in [6.45, 7) is 4.09. The minimum absolute atomic E-state index is 0.443. The number of aryl methyl sites for hydroxylation is 2.